The molecule has 0 spiro atoms. The lowest BCUT2D eigenvalue weighted by atomic mass is 9.93. The van der Waals surface area contributed by atoms with Crippen molar-refractivity contribution in [2.45, 2.75) is 25.4 Å². The Labute approximate surface area is 62.2 Å². The predicted octanol–water partition coefficient (Wildman–Crippen LogP) is 0.998. The molecule has 0 amide bonds. The lowest BCUT2D eigenvalue weighted by molar-refractivity contribution is 0.00913. The Hall–Kier alpha value is -0.0800. The molecule has 10 heavy (non-hydrogen) atoms. The van der Waals surface area contributed by atoms with Gasteiger partial charge in [-0.05, 0) is 25.2 Å². The van der Waals surface area contributed by atoms with Gasteiger partial charge in [-0.2, -0.15) is 0 Å². The number of ether oxygens (including phenoxy) is 1. The number of aliphatic hydroxyl groups excluding tert-OH is 1. The van der Waals surface area contributed by atoms with Gasteiger partial charge in [-0.15, -0.1) is 0 Å². The third kappa shape index (κ3) is 1.96. The van der Waals surface area contributed by atoms with Crippen molar-refractivity contribution < 1.29 is 9.84 Å². The van der Waals surface area contributed by atoms with E-state index in [9.17, 15) is 5.11 Å². The largest absolute Gasteiger partial charge is 0.393 e. The van der Waals surface area contributed by atoms with Gasteiger partial charge in [0.2, 0.25) is 0 Å². The number of hydrogen-bond donors (Lipinski definition) is 1. The highest BCUT2D eigenvalue weighted by molar-refractivity contribution is 4.71. The molecule has 0 aromatic heterocycles. The van der Waals surface area contributed by atoms with Gasteiger partial charge in [0.15, 0.2) is 0 Å². The molecule has 1 unspecified atom stereocenters. The van der Waals surface area contributed by atoms with Crippen molar-refractivity contribution in [2.24, 2.45) is 5.92 Å². The Kier molecular flexibility index (Phi) is 3.16. The van der Waals surface area contributed by atoms with Crippen LogP contribution in [0.1, 0.15) is 19.3 Å². The van der Waals surface area contributed by atoms with Gasteiger partial charge in [0.05, 0.1) is 6.10 Å². The molecule has 0 saturated carbocycles. The van der Waals surface area contributed by atoms with Crippen LogP contribution in [0.3, 0.4) is 0 Å². The van der Waals surface area contributed by atoms with E-state index in [2.05, 4.69) is 6.92 Å². The Morgan fingerprint density at radius 3 is 2.60 bits per heavy atom. The van der Waals surface area contributed by atoms with Crippen LogP contribution >= 0.6 is 0 Å². The van der Waals surface area contributed by atoms with E-state index < -0.39 is 0 Å². The van der Waals surface area contributed by atoms with E-state index in [4.69, 9.17) is 4.74 Å². The van der Waals surface area contributed by atoms with Crippen LogP contribution in [0.2, 0.25) is 0 Å². The van der Waals surface area contributed by atoms with Crippen LogP contribution in [-0.4, -0.2) is 24.4 Å². The van der Waals surface area contributed by atoms with E-state index in [-0.39, 0.29) is 6.10 Å². The molecule has 1 saturated heterocycles. The van der Waals surface area contributed by atoms with Crippen LogP contribution in [0, 0.1) is 12.8 Å². The van der Waals surface area contributed by atoms with Crippen molar-refractivity contribution in [3.63, 3.8) is 0 Å². The first-order valence-corrected chi connectivity index (χ1v) is 3.89. The monoisotopic (exact) mass is 143 g/mol. The summed E-state index contributed by atoms with van der Waals surface area (Å²) in [5, 5.41) is 9.36. The summed E-state index contributed by atoms with van der Waals surface area (Å²) in [6, 6.07) is 0. The van der Waals surface area contributed by atoms with E-state index in [1.54, 1.807) is 0 Å². The summed E-state index contributed by atoms with van der Waals surface area (Å²) in [5.41, 5.74) is 0. The maximum Gasteiger partial charge on any atom is 0.0570 e. The molecule has 1 rings (SSSR count). The van der Waals surface area contributed by atoms with Crippen molar-refractivity contribution in [1.82, 2.24) is 0 Å². The van der Waals surface area contributed by atoms with E-state index in [1.807, 2.05) is 0 Å². The average molecular weight is 143 g/mol. The Morgan fingerprint density at radius 1 is 1.50 bits per heavy atom. The topological polar surface area (TPSA) is 29.5 Å². The maximum absolute atomic E-state index is 9.36. The summed E-state index contributed by atoms with van der Waals surface area (Å²) in [4.78, 5) is 0. The molecule has 59 valence electrons. The molecule has 1 radical (unpaired) electrons. The summed E-state index contributed by atoms with van der Waals surface area (Å²) >= 11 is 0. The summed E-state index contributed by atoms with van der Waals surface area (Å²) < 4.78 is 5.16. The van der Waals surface area contributed by atoms with E-state index >= 15 is 0 Å². The van der Waals surface area contributed by atoms with Crippen molar-refractivity contribution in [3.8, 4) is 0 Å². The smallest absolute Gasteiger partial charge is 0.0570 e. The molecule has 2 nitrogen and oxygen atoms in total. The fourth-order valence-electron chi connectivity index (χ4n) is 1.34. The standard InChI is InChI=1S/C8H15O2/c1-2-8(9)7-3-5-10-6-4-7/h7-9H,1-6H2. The van der Waals surface area contributed by atoms with Gasteiger partial charge in [0.25, 0.3) is 0 Å². The molecule has 1 atom stereocenters. The van der Waals surface area contributed by atoms with E-state index in [0.717, 1.165) is 26.1 Å². The van der Waals surface area contributed by atoms with Crippen LogP contribution in [0.25, 0.3) is 0 Å². The zero-order valence-corrected chi connectivity index (χ0v) is 6.25. The fraction of sp³-hybridized carbons (Fsp3) is 0.875. The molecule has 0 aliphatic carbocycles. The van der Waals surface area contributed by atoms with Gasteiger partial charge >= 0.3 is 0 Å². The molecular formula is C8H15O2. The third-order valence-corrected chi connectivity index (χ3v) is 2.11. The number of aliphatic hydroxyl groups is 1. The summed E-state index contributed by atoms with van der Waals surface area (Å²) in [5.74, 6) is 0.436. The fourth-order valence-corrected chi connectivity index (χ4v) is 1.34. The molecule has 0 aromatic rings. The predicted molar refractivity (Wildman–Crippen MR) is 39.5 cm³/mol. The lowest BCUT2D eigenvalue weighted by Crippen LogP contribution is -2.26. The molecule has 1 aliphatic rings. The van der Waals surface area contributed by atoms with Gasteiger partial charge in [0, 0.05) is 13.2 Å². The number of hydrogen-bond acceptors (Lipinski definition) is 2. The second kappa shape index (κ2) is 3.94. The first kappa shape index (κ1) is 8.02. The highest BCUT2D eigenvalue weighted by Crippen LogP contribution is 2.19. The van der Waals surface area contributed by atoms with Gasteiger partial charge in [-0.1, -0.05) is 6.92 Å². The molecule has 1 fully saturated rings. The van der Waals surface area contributed by atoms with Crippen molar-refractivity contribution in [1.29, 1.82) is 0 Å². The Bertz CT molecular complexity index is 87.3. The SMILES string of the molecule is [CH2]CC(O)C1CCOCC1. The molecule has 1 N–H and O–H groups in total. The van der Waals surface area contributed by atoms with Crippen LogP contribution in [0.5, 0.6) is 0 Å². The average Bonchev–Trinajstić information content (AvgIpc) is 2.05. The molecule has 0 bridgehead atoms. The van der Waals surface area contributed by atoms with Gasteiger partial charge in [-0.3, -0.25) is 0 Å². The van der Waals surface area contributed by atoms with Crippen LogP contribution in [-0.2, 0) is 4.74 Å². The number of rotatable bonds is 2. The zero-order chi connectivity index (χ0) is 7.40. The zero-order valence-electron chi connectivity index (χ0n) is 6.25. The van der Waals surface area contributed by atoms with E-state index in [0.29, 0.717) is 12.3 Å². The second-order valence-corrected chi connectivity index (χ2v) is 2.81. The van der Waals surface area contributed by atoms with Gasteiger partial charge in [-0.25, -0.2) is 0 Å². The minimum Gasteiger partial charge on any atom is -0.393 e. The first-order chi connectivity index (χ1) is 4.84. The summed E-state index contributed by atoms with van der Waals surface area (Å²) in [6.45, 7) is 5.28. The van der Waals surface area contributed by atoms with Crippen LogP contribution < -0.4 is 0 Å². The highest BCUT2D eigenvalue weighted by Gasteiger charge is 2.19. The molecule has 1 aliphatic heterocycles. The van der Waals surface area contributed by atoms with Gasteiger partial charge in [0.1, 0.15) is 0 Å². The maximum atomic E-state index is 9.36. The molecular weight excluding hydrogens is 128 g/mol. The second-order valence-electron chi connectivity index (χ2n) is 2.81. The molecule has 2 heteroatoms. The van der Waals surface area contributed by atoms with Crippen LogP contribution in [0.15, 0.2) is 0 Å². The third-order valence-electron chi connectivity index (χ3n) is 2.11. The van der Waals surface area contributed by atoms with Crippen molar-refractivity contribution in [2.75, 3.05) is 13.2 Å². The first-order valence-electron chi connectivity index (χ1n) is 3.89. The van der Waals surface area contributed by atoms with Crippen molar-refractivity contribution >= 4 is 0 Å². The van der Waals surface area contributed by atoms with E-state index in [1.165, 1.54) is 0 Å². The quantitative estimate of drug-likeness (QED) is 0.625. The Balaban J connectivity index is 2.24. The molecule has 1 heterocycles. The lowest BCUT2D eigenvalue weighted by Gasteiger charge is -2.25. The minimum absolute atomic E-state index is 0.205. The molecule has 0 aromatic carbocycles. The van der Waals surface area contributed by atoms with Gasteiger partial charge < -0.3 is 9.84 Å². The summed E-state index contributed by atoms with van der Waals surface area (Å²) in [6.07, 6.45) is 2.42. The van der Waals surface area contributed by atoms with Crippen molar-refractivity contribution in [3.05, 3.63) is 6.92 Å². The Morgan fingerprint density at radius 2 is 2.10 bits per heavy atom. The summed E-state index contributed by atoms with van der Waals surface area (Å²) in [7, 11) is 0. The normalized spacial score (nSPS) is 24.6. The highest BCUT2D eigenvalue weighted by atomic mass is 16.5. The van der Waals surface area contributed by atoms with Crippen LogP contribution in [0.4, 0.5) is 0 Å². The minimum atomic E-state index is -0.205.